The van der Waals surface area contributed by atoms with Crippen LogP contribution in [0.1, 0.15) is 11.4 Å². The quantitative estimate of drug-likeness (QED) is 0.367. The molecule has 0 aliphatic heterocycles. The predicted molar refractivity (Wildman–Crippen MR) is 111 cm³/mol. The smallest absolute Gasteiger partial charge is 0.252 e. The average molecular weight is 407 g/mol. The van der Waals surface area contributed by atoms with Crippen molar-refractivity contribution in [2.45, 2.75) is 17.8 Å². The lowest BCUT2D eigenvalue weighted by Gasteiger charge is -2.09. The zero-order valence-corrected chi connectivity index (χ0v) is 16.5. The second-order valence-corrected chi connectivity index (χ2v) is 6.99. The largest absolute Gasteiger partial charge is 0.497 e. The molecule has 0 atom stereocenters. The normalized spacial score (nSPS) is 10.8. The number of aryl methyl sites for hydroxylation is 1. The number of aromatic nitrogens is 6. The molecule has 4 rings (SSSR count). The van der Waals surface area contributed by atoms with Crippen LogP contribution in [0.25, 0.3) is 10.9 Å². The van der Waals surface area contributed by atoms with E-state index in [1.807, 2.05) is 25.1 Å². The number of H-pyrrole nitrogens is 1. The lowest BCUT2D eigenvalue weighted by Crippen LogP contribution is -2.13. The van der Waals surface area contributed by atoms with Crippen LogP contribution in [0.15, 0.2) is 52.7 Å². The molecule has 0 saturated carbocycles. The van der Waals surface area contributed by atoms with Crippen molar-refractivity contribution in [3.8, 4) is 5.75 Å². The van der Waals surface area contributed by atoms with Crippen LogP contribution in [0.3, 0.4) is 0 Å². The number of rotatable bonds is 6. The van der Waals surface area contributed by atoms with E-state index in [0.717, 1.165) is 22.3 Å². The molecule has 0 fully saturated rings. The first-order valence-electron chi connectivity index (χ1n) is 8.70. The van der Waals surface area contributed by atoms with Gasteiger partial charge in [-0.05, 0) is 31.2 Å². The number of fused-ring (bicyclic) bond motifs is 1. The van der Waals surface area contributed by atoms with E-state index in [-0.39, 0.29) is 11.5 Å². The number of nitrogens with one attached hydrogen (secondary N) is 2. The van der Waals surface area contributed by atoms with E-state index in [9.17, 15) is 4.79 Å². The Balaban J connectivity index is 1.57. The molecular formula is C19H17N7O2S. The molecule has 0 aliphatic rings. The minimum absolute atomic E-state index is 0.269. The molecule has 0 aliphatic carbocycles. The number of hydrogen-bond acceptors (Lipinski definition) is 9. The Morgan fingerprint density at radius 3 is 2.76 bits per heavy atom. The standard InChI is InChI=1S/C19H17N7O2S/c1-11-14-9-13(28-2)4-5-15(14)24-17(22-11)26-18-23-12(8-16(27)25-18)10-29-19-20-6-3-7-21-19/h3-9H,10H2,1-2H3,(H2,22,23,24,25,26,27). The Hall–Kier alpha value is -3.53. The van der Waals surface area contributed by atoms with Crippen molar-refractivity contribution in [3.63, 3.8) is 0 Å². The van der Waals surface area contributed by atoms with Crippen molar-refractivity contribution >= 4 is 34.6 Å². The van der Waals surface area contributed by atoms with Gasteiger partial charge in [0.1, 0.15) is 5.75 Å². The summed E-state index contributed by atoms with van der Waals surface area (Å²) in [4.78, 5) is 36.4. The van der Waals surface area contributed by atoms with Crippen molar-refractivity contribution in [2.75, 3.05) is 12.4 Å². The van der Waals surface area contributed by atoms with Gasteiger partial charge in [0.25, 0.3) is 5.56 Å². The highest BCUT2D eigenvalue weighted by atomic mass is 32.2. The predicted octanol–water partition coefficient (Wildman–Crippen LogP) is 2.86. The summed E-state index contributed by atoms with van der Waals surface area (Å²) in [7, 11) is 1.62. The van der Waals surface area contributed by atoms with E-state index in [0.29, 0.717) is 22.6 Å². The molecule has 146 valence electrons. The van der Waals surface area contributed by atoms with E-state index in [4.69, 9.17) is 4.74 Å². The fourth-order valence-corrected chi connectivity index (χ4v) is 3.38. The summed E-state index contributed by atoms with van der Waals surface area (Å²) in [5.74, 6) is 1.82. The summed E-state index contributed by atoms with van der Waals surface area (Å²) in [5, 5.41) is 4.50. The second-order valence-electron chi connectivity index (χ2n) is 6.05. The zero-order chi connectivity index (χ0) is 20.2. The van der Waals surface area contributed by atoms with E-state index in [1.165, 1.54) is 17.8 Å². The molecule has 0 spiro atoms. The number of nitrogens with zero attached hydrogens (tertiary/aromatic N) is 5. The van der Waals surface area contributed by atoms with Crippen molar-refractivity contribution in [1.82, 2.24) is 29.9 Å². The molecule has 0 radical (unpaired) electrons. The summed E-state index contributed by atoms with van der Waals surface area (Å²) in [6, 6.07) is 8.77. The molecule has 1 aromatic carbocycles. The maximum Gasteiger partial charge on any atom is 0.252 e. The Kier molecular flexibility index (Phi) is 5.34. The average Bonchev–Trinajstić information content (AvgIpc) is 2.72. The number of hydrogen-bond donors (Lipinski definition) is 2. The van der Waals surface area contributed by atoms with Crippen molar-refractivity contribution < 1.29 is 4.74 Å². The molecule has 4 aromatic rings. The Morgan fingerprint density at radius 1 is 1.14 bits per heavy atom. The third kappa shape index (κ3) is 4.49. The highest BCUT2D eigenvalue weighted by molar-refractivity contribution is 7.98. The first kappa shape index (κ1) is 18.8. The van der Waals surface area contributed by atoms with Gasteiger partial charge in [-0.15, -0.1) is 0 Å². The Labute approximate surface area is 170 Å². The molecule has 0 saturated heterocycles. The molecule has 0 bridgehead atoms. The number of methoxy groups -OCH3 is 1. The summed E-state index contributed by atoms with van der Waals surface area (Å²) >= 11 is 1.40. The minimum atomic E-state index is -0.269. The minimum Gasteiger partial charge on any atom is -0.497 e. The van der Waals surface area contributed by atoms with Gasteiger partial charge in [0.2, 0.25) is 11.9 Å². The van der Waals surface area contributed by atoms with Gasteiger partial charge in [-0.25, -0.2) is 24.9 Å². The molecule has 2 N–H and O–H groups in total. The fraction of sp³-hybridized carbons (Fsp3) is 0.158. The summed E-state index contributed by atoms with van der Waals surface area (Å²) in [6.45, 7) is 1.89. The first-order chi connectivity index (χ1) is 14.1. The summed E-state index contributed by atoms with van der Waals surface area (Å²) < 4.78 is 5.25. The number of aromatic amines is 1. The molecule has 0 amide bonds. The van der Waals surface area contributed by atoms with E-state index < -0.39 is 0 Å². The number of ether oxygens (including phenoxy) is 1. The van der Waals surface area contributed by atoms with Gasteiger partial charge in [0, 0.05) is 29.6 Å². The third-order valence-corrected chi connectivity index (χ3v) is 4.92. The van der Waals surface area contributed by atoms with Gasteiger partial charge in [-0.1, -0.05) is 11.8 Å². The van der Waals surface area contributed by atoms with Crippen LogP contribution < -0.4 is 15.6 Å². The number of anilines is 2. The molecule has 0 unspecified atom stereocenters. The molecule has 3 aromatic heterocycles. The lowest BCUT2D eigenvalue weighted by atomic mass is 10.2. The van der Waals surface area contributed by atoms with Gasteiger partial charge in [0.15, 0.2) is 5.16 Å². The molecule has 3 heterocycles. The highest BCUT2D eigenvalue weighted by Crippen LogP contribution is 2.23. The number of benzene rings is 1. The van der Waals surface area contributed by atoms with Crippen LogP contribution in [-0.4, -0.2) is 37.0 Å². The second kappa shape index (κ2) is 8.23. The van der Waals surface area contributed by atoms with Gasteiger partial charge >= 0.3 is 0 Å². The first-order valence-corrected chi connectivity index (χ1v) is 9.69. The topological polar surface area (TPSA) is 119 Å². The van der Waals surface area contributed by atoms with Crippen molar-refractivity contribution in [3.05, 3.63) is 64.5 Å². The lowest BCUT2D eigenvalue weighted by molar-refractivity contribution is 0.415. The van der Waals surface area contributed by atoms with E-state index >= 15 is 0 Å². The Bertz CT molecular complexity index is 1210. The summed E-state index contributed by atoms with van der Waals surface area (Å²) in [5.41, 5.74) is 1.87. The van der Waals surface area contributed by atoms with E-state index in [2.05, 4.69) is 35.2 Å². The third-order valence-electron chi connectivity index (χ3n) is 4.01. The van der Waals surface area contributed by atoms with Crippen LogP contribution in [0, 0.1) is 6.92 Å². The molecule has 29 heavy (non-hydrogen) atoms. The van der Waals surface area contributed by atoms with E-state index in [1.54, 1.807) is 25.6 Å². The van der Waals surface area contributed by atoms with Gasteiger partial charge in [-0.2, -0.15) is 0 Å². The summed E-state index contributed by atoms with van der Waals surface area (Å²) in [6.07, 6.45) is 3.34. The van der Waals surface area contributed by atoms with Gasteiger partial charge in [0.05, 0.1) is 24.0 Å². The van der Waals surface area contributed by atoms with Crippen LogP contribution in [0.5, 0.6) is 5.75 Å². The molecular weight excluding hydrogens is 390 g/mol. The maximum absolute atomic E-state index is 12.0. The van der Waals surface area contributed by atoms with Crippen molar-refractivity contribution in [1.29, 1.82) is 0 Å². The zero-order valence-electron chi connectivity index (χ0n) is 15.7. The molecule has 9 nitrogen and oxygen atoms in total. The monoisotopic (exact) mass is 407 g/mol. The SMILES string of the molecule is COc1ccc2nc(Nc3nc(CSc4ncccn4)cc(=O)[nH]3)nc(C)c2c1. The Morgan fingerprint density at radius 2 is 1.97 bits per heavy atom. The highest BCUT2D eigenvalue weighted by Gasteiger charge is 2.09. The van der Waals surface area contributed by atoms with Gasteiger partial charge < -0.3 is 4.74 Å². The van der Waals surface area contributed by atoms with Crippen LogP contribution >= 0.6 is 11.8 Å². The molecule has 10 heteroatoms. The van der Waals surface area contributed by atoms with Crippen LogP contribution in [-0.2, 0) is 5.75 Å². The fourth-order valence-electron chi connectivity index (χ4n) is 2.69. The van der Waals surface area contributed by atoms with Crippen LogP contribution in [0.2, 0.25) is 0 Å². The van der Waals surface area contributed by atoms with Gasteiger partial charge in [-0.3, -0.25) is 15.1 Å². The number of thioether (sulfide) groups is 1. The van der Waals surface area contributed by atoms with Crippen LogP contribution in [0.4, 0.5) is 11.9 Å². The maximum atomic E-state index is 12.0. The van der Waals surface area contributed by atoms with Crippen molar-refractivity contribution in [2.24, 2.45) is 0 Å².